The van der Waals surface area contributed by atoms with Gasteiger partial charge in [-0.1, -0.05) is 0 Å². The summed E-state index contributed by atoms with van der Waals surface area (Å²) in [7, 11) is 1.39. The molecule has 0 aliphatic carbocycles. The van der Waals surface area contributed by atoms with Gasteiger partial charge >= 0.3 is 5.97 Å². The Balaban J connectivity index is 1.53. The lowest BCUT2D eigenvalue weighted by molar-refractivity contribution is -0.146. The van der Waals surface area contributed by atoms with Crippen molar-refractivity contribution >= 4 is 23.5 Å². The third-order valence-electron chi connectivity index (χ3n) is 4.99. The highest BCUT2D eigenvalue weighted by molar-refractivity contribution is 5.93. The Morgan fingerprint density at radius 1 is 1.03 bits per heavy atom. The van der Waals surface area contributed by atoms with Gasteiger partial charge in [0, 0.05) is 18.8 Å². The predicted octanol–water partition coefficient (Wildman–Crippen LogP) is 2.64. The van der Waals surface area contributed by atoms with Crippen molar-refractivity contribution in [2.75, 3.05) is 38.7 Å². The van der Waals surface area contributed by atoms with Crippen molar-refractivity contribution in [1.82, 2.24) is 4.90 Å². The second kappa shape index (κ2) is 11.5. The summed E-state index contributed by atoms with van der Waals surface area (Å²) in [6.45, 7) is 3.92. The monoisotopic (exact) mass is 474 g/mol. The van der Waals surface area contributed by atoms with E-state index in [1.807, 2.05) is 13.8 Å². The van der Waals surface area contributed by atoms with Crippen molar-refractivity contribution < 1.29 is 37.7 Å². The van der Waals surface area contributed by atoms with Crippen LogP contribution < -0.4 is 14.8 Å². The Morgan fingerprint density at radius 2 is 1.71 bits per heavy atom. The highest BCUT2D eigenvalue weighted by atomic mass is 19.1. The van der Waals surface area contributed by atoms with Crippen molar-refractivity contribution in [1.29, 1.82) is 0 Å². The normalized spacial score (nSPS) is 17.6. The van der Waals surface area contributed by atoms with E-state index in [2.05, 4.69) is 5.32 Å². The zero-order chi connectivity index (χ0) is 24.7. The van der Waals surface area contributed by atoms with Gasteiger partial charge in [-0.25, -0.2) is 9.18 Å². The number of ether oxygens (including phenoxy) is 4. The van der Waals surface area contributed by atoms with Crippen LogP contribution in [-0.4, -0.2) is 68.3 Å². The molecule has 0 unspecified atom stereocenters. The van der Waals surface area contributed by atoms with E-state index >= 15 is 0 Å². The third kappa shape index (κ3) is 6.92. The second-order valence-electron chi connectivity index (χ2n) is 7.84. The van der Waals surface area contributed by atoms with Crippen LogP contribution in [0.3, 0.4) is 0 Å². The van der Waals surface area contributed by atoms with Crippen molar-refractivity contribution in [3.8, 4) is 11.5 Å². The molecular weight excluding hydrogens is 447 g/mol. The van der Waals surface area contributed by atoms with Crippen LogP contribution in [0.1, 0.15) is 24.2 Å². The number of nitrogens with zero attached hydrogens (tertiary/aromatic N) is 1. The van der Waals surface area contributed by atoms with Crippen molar-refractivity contribution in [3.05, 3.63) is 53.8 Å². The molecule has 0 spiro atoms. The Hall–Kier alpha value is -3.66. The zero-order valence-corrected chi connectivity index (χ0v) is 19.2. The number of rotatable bonds is 8. The van der Waals surface area contributed by atoms with Gasteiger partial charge in [0.05, 0.1) is 24.9 Å². The first kappa shape index (κ1) is 25.0. The van der Waals surface area contributed by atoms with Crippen LogP contribution in [0, 0.1) is 5.82 Å². The van der Waals surface area contributed by atoms with Gasteiger partial charge in [0.1, 0.15) is 5.82 Å². The van der Waals surface area contributed by atoms with Gasteiger partial charge in [0.25, 0.3) is 11.8 Å². The lowest BCUT2D eigenvalue weighted by Crippen LogP contribution is -2.49. The number of methoxy groups -OCH3 is 1. The summed E-state index contributed by atoms with van der Waals surface area (Å²) in [6, 6.07) is 9.63. The Bertz CT molecular complexity index is 1020. The molecule has 1 saturated heterocycles. The van der Waals surface area contributed by atoms with Gasteiger partial charge in [-0.05, 0) is 56.3 Å². The summed E-state index contributed by atoms with van der Waals surface area (Å²) >= 11 is 0. The summed E-state index contributed by atoms with van der Waals surface area (Å²) in [5.41, 5.74) is 0.590. The lowest BCUT2D eigenvalue weighted by Gasteiger charge is -2.35. The van der Waals surface area contributed by atoms with Gasteiger partial charge in [-0.3, -0.25) is 9.59 Å². The van der Waals surface area contributed by atoms with E-state index in [0.29, 0.717) is 18.8 Å². The zero-order valence-electron chi connectivity index (χ0n) is 19.2. The van der Waals surface area contributed by atoms with Gasteiger partial charge in [0.15, 0.2) is 24.7 Å². The molecule has 3 rings (SSSR count). The number of benzene rings is 2. The molecule has 2 amide bonds. The van der Waals surface area contributed by atoms with Crippen LogP contribution in [-0.2, 0) is 19.1 Å². The molecule has 1 aliphatic heterocycles. The molecule has 34 heavy (non-hydrogen) atoms. The van der Waals surface area contributed by atoms with Crippen molar-refractivity contribution in [2.45, 2.75) is 26.1 Å². The second-order valence-corrected chi connectivity index (χ2v) is 7.84. The number of morpholine rings is 1. The highest BCUT2D eigenvalue weighted by Crippen LogP contribution is 2.28. The first-order valence-electron chi connectivity index (χ1n) is 10.7. The molecule has 2 aromatic carbocycles. The van der Waals surface area contributed by atoms with Crippen LogP contribution >= 0.6 is 0 Å². The van der Waals surface area contributed by atoms with Gasteiger partial charge < -0.3 is 29.2 Å². The molecule has 182 valence electrons. The number of nitrogens with one attached hydrogen (secondary N) is 1. The first-order valence-corrected chi connectivity index (χ1v) is 10.7. The maximum Gasteiger partial charge on any atom is 0.338 e. The van der Waals surface area contributed by atoms with Gasteiger partial charge in [0.2, 0.25) is 0 Å². The van der Waals surface area contributed by atoms with E-state index in [9.17, 15) is 18.8 Å². The Morgan fingerprint density at radius 3 is 2.35 bits per heavy atom. The summed E-state index contributed by atoms with van der Waals surface area (Å²) in [6.07, 6.45) is -0.170. The molecule has 1 N–H and O–H groups in total. The minimum Gasteiger partial charge on any atom is -0.493 e. The minimum absolute atomic E-state index is 0.0852. The standard InChI is InChI=1S/C24H27FN2O7/c1-15-11-27(12-16(2)34-15)23(29)14-33-24(30)17-4-9-20(21(10-17)31-3)32-13-22(28)26-19-7-5-18(25)6-8-19/h4-10,15-16H,11-14H2,1-3H3,(H,26,28)/t15-,16-/m0/s1. The highest BCUT2D eigenvalue weighted by Gasteiger charge is 2.26. The summed E-state index contributed by atoms with van der Waals surface area (Å²) in [5, 5.41) is 2.58. The van der Waals surface area contributed by atoms with Crippen molar-refractivity contribution in [3.63, 3.8) is 0 Å². The Labute approximate surface area is 196 Å². The SMILES string of the molecule is COc1cc(C(=O)OCC(=O)N2C[C@H](C)O[C@@H](C)C2)ccc1OCC(=O)Nc1ccc(F)cc1. The summed E-state index contributed by atoms with van der Waals surface area (Å²) in [5.74, 6) is -1.41. The van der Waals surface area contributed by atoms with Crippen LogP contribution in [0.2, 0.25) is 0 Å². The quantitative estimate of drug-likeness (QED) is 0.587. The van der Waals surface area contributed by atoms with E-state index in [0.717, 1.165) is 0 Å². The fraction of sp³-hybridized carbons (Fsp3) is 0.375. The predicted molar refractivity (Wildman–Crippen MR) is 120 cm³/mol. The molecule has 1 heterocycles. The largest absolute Gasteiger partial charge is 0.493 e. The molecule has 2 atom stereocenters. The number of carbonyl (C=O) groups excluding carboxylic acids is 3. The molecule has 0 radical (unpaired) electrons. The minimum atomic E-state index is -0.693. The number of halogens is 1. The first-order chi connectivity index (χ1) is 16.2. The average molecular weight is 474 g/mol. The number of anilines is 1. The van der Waals surface area contributed by atoms with Gasteiger partial charge in [-0.2, -0.15) is 0 Å². The molecule has 9 nitrogen and oxygen atoms in total. The molecule has 10 heteroatoms. The van der Waals surface area contributed by atoms with Crippen LogP contribution in [0.15, 0.2) is 42.5 Å². The fourth-order valence-electron chi connectivity index (χ4n) is 3.47. The fourth-order valence-corrected chi connectivity index (χ4v) is 3.47. The smallest absolute Gasteiger partial charge is 0.338 e. The van der Waals surface area contributed by atoms with E-state index in [4.69, 9.17) is 18.9 Å². The number of hydrogen-bond donors (Lipinski definition) is 1. The maximum atomic E-state index is 13.0. The maximum absolute atomic E-state index is 13.0. The Kier molecular flexibility index (Phi) is 8.42. The molecule has 1 fully saturated rings. The van der Waals surface area contributed by atoms with E-state index in [1.165, 1.54) is 49.6 Å². The molecule has 0 saturated carbocycles. The van der Waals surface area contributed by atoms with E-state index < -0.39 is 17.7 Å². The lowest BCUT2D eigenvalue weighted by atomic mass is 10.2. The number of amides is 2. The van der Waals surface area contributed by atoms with Crippen molar-refractivity contribution in [2.24, 2.45) is 0 Å². The molecule has 0 aromatic heterocycles. The van der Waals surface area contributed by atoms with Crippen LogP contribution in [0.5, 0.6) is 11.5 Å². The molecule has 1 aliphatic rings. The van der Waals surface area contributed by atoms with Crippen LogP contribution in [0.25, 0.3) is 0 Å². The van der Waals surface area contributed by atoms with E-state index in [-0.39, 0.29) is 48.4 Å². The number of hydrogen-bond acceptors (Lipinski definition) is 7. The molecule has 2 aromatic rings. The van der Waals surface area contributed by atoms with Crippen LogP contribution in [0.4, 0.5) is 10.1 Å². The number of esters is 1. The summed E-state index contributed by atoms with van der Waals surface area (Å²) < 4.78 is 34.5. The number of carbonyl (C=O) groups is 3. The average Bonchev–Trinajstić information content (AvgIpc) is 2.81. The van der Waals surface area contributed by atoms with E-state index in [1.54, 1.807) is 4.90 Å². The third-order valence-corrected chi connectivity index (χ3v) is 4.99. The molecule has 0 bridgehead atoms. The van der Waals surface area contributed by atoms with Gasteiger partial charge in [-0.15, -0.1) is 0 Å². The summed E-state index contributed by atoms with van der Waals surface area (Å²) in [4.78, 5) is 38.5. The topological polar surface area (TPSA) is 103 Å². The molecular formula is C24H27FN2O7.